The molecule has 0 fully saturated rings. The van der Waals surface area contributed by atoms with Crippen molar-refractivity contribution in [3.63, 3.8) is 0 Å². The summed E-state index contributed by atoms with van der Waals surface area (Å²) in [6.07, 6.45) is 8.55. The van der Waals surface area contributed by atoms with E-state index in [9.17, 15) is 4.79 Å². The summed E-state index contributed by atoms with van der Waals surface area (Å²) in [6.45, 7) is 0.938. The van der Waals surface area contributed by atoms with Gasteiger partial charge in [0.1, 0.15) is 19.0 Å². The van der Waals surface area contributed by atoms with E-state index < -0.39 is 6.09 Å². The Kier molecular flexibility index (Phi) is 6.35. The molecule has 0 spiro atoms. The lowest BCUT2D eigenvalue weighted by molar-refractivity contribution is 0.144. The van der Waals surface area contributed by atoms with Crippen LogP contribution in [0.5, 0.6) is 5.75 Å². The molecule has 0 atom stereocenters. The van der Waals surface area contributed by atoms with E-state index >= 15 is 0 Å². The molecule has 1 aliphatic carbocycles. The molecule has 4 rings (SSSR count). The smallest absolute Gasteiger partial charge is 0.407 e. The van der Waals surface area contributed by atoms with Crippen molar-refractivity contribution in [2.24, 2.45) is 0 Å². The van der Waals surface area contributed by atoms with Crippen LogP contribution >= 0.6 is 0 Å². The van der Waals surface area contributed by atoms with Gasteiger partial charge in [-0.15, -0.1) is 6.42 Å². The molecule has 0 radical (unpaired) electrons. The molecule has 3 aromatic carbocycles. The van der Waals surface area contributed by atoms with Gasteiger partial charge in [0.05, 0.1) is 0 Å². The Labute approximate surface area is 182 Å². The summed E-state index contributed by atoms with van der Waals surface area (Å²) in [5.41, 5.74) is 5.83. The number of benzene rings is 3. The van der Waals surface area contributed by atoms with E-state index in [0.717, 1.165) is 11.3 Å². The van der Waals surface area contributed by atoms with Crippen LogP contribution in [0.15, 0.2) is 78.9 Å². The Bertz CT molecular complexity index is 1080. The molecule has 3 aromatic rings. The largest absolute Gasteiger partial charge is 0.481 e. The molecule has 4 heteroatoms. The van der Waals surface area contributed by atoms with Crippen LogP contribution in [0.25, 0.3) is 17.2 Å². The number of terminal acetylenes is 1. The van der Waals surface area contributed by atoms with Crippen LogP contribution in [-0.4, -0.2) is 25.9 Å². The first-order chi connectivity index (χ1) is 15.3. The van der Waals surface area contributed by atoms with Gasteiger partial charge < -0.3 is 14.8 Å². The number of alkyl carbamates (subject to hydrolysis) is 1. The van der Waals surface area contributed by atoms with Crippen LogP contribution in [0.4, 0.5) is 4.79 Å². The lowest BCUT2D eigenvalue weighted by Crippen LogP contribution is -2.26. The maximum atomic E-state index is 12.2. The highest BCUT2D eigenvalue weighted by Crippen LogP contribution is 2.44. The van der Waals surface area contributed by atoms with Crippen LogP contribution in [0.2, 0.25) is 0 Å². The van der Waals surface area contributed by atoms with Crippen molar-refractivity contribution < 1.29 is 14.3 Å². The van der Waals surface area contributed by atoms with E-state index in [1.54, 1.807) is 0 Å². The van der Waals surface area contributed by atoms with E-state index in [-0.39, 0.29) is 12.5 Å². The summed E-state index contributed by atoms with van der Waals surface area (Å²) >= 11 is 0. The average Bonchev–Trinajstić information content (AvgIpc) is 3.14. The summed E-state index contributed by atoms with van der Waals surface area (Å²) in [5.74, 6) is 3.22. The molecule has 31 heavy (non-hydrogen) atoms. The zero-order valence-electron chi connectivity index (χ0n) is 17.1. The van der Waals surface area contributed by atoms with E-state index in [1.165, 1.54) is 22.3 Å². The quantitative estimate of drug-likeness (QED) is 0.542. The maximum Gasteiger partial charge on any atom is 0.407 e. The zero-order valence-corrected chi connectivity index (χ0v) is 17.1. The summed E-state index contributed by atoms with van der Waals surface area (Å²) in [7, 11) is 0. The van der Waals surface area contributed by atoms with Crippen LogP contribution in [-0.2, 0) is 4.74 Å². The number of ether oxygens (including phenoxy) is 2. The van der Waals surface area contributed by atoms with Gasteiger partial charge in [-0.25, -0.2) is 4.79 Å². The number of hydrogen-bond acceptors (Lipinski definition) is 3. The first kappa shape index (κ1) is 20.3. The number of fused-ring (bicyclic) bond motifs is 3. The number of hydrogen-bond donors (Lipinski definition) is 1. The van der Waals surface area contributed by atoms with Crippen molar-refractivity contribution in [1.82, 2.24) is 5.32 Å². The molecule has 0 bridgehead atoms. The SMILES string of the molecule is C#CCOc1ccc(C=CCNC(=O)OCC2c3ccccc3-c3ccccc32)cc1. The molecule has 0 unspecified atom stereocenters. The summed E-state index contributed by atoms with van der Waals surface area (Å²) in [6, 6.07) is 24.1. The molecule has 154 valence electrons. The molecular formula is C27H23NO3. The van der Waals surface area contributed by atoms with E-state index in [0.29, 0.717) is 13.2 Å². The third-order valence-electron chi connectivity index (χ3n) is 5.22. The third kappa shape index (κ3) is 4.79. The number of nitrogens with one attached hydrogen (secondary N) is 1. The first-order valence-corrected chi connectivity index (χ1v) is 10.2. The second-order valence-corrected chi connectivity index (χ2v) is 7.17. The van der Waals surface area contributed by atoms with Crippen LogP contribution in [0, 0.1) is 12.3 Å². The molecule has 1 aliphatic rings. The fraction of sp³-hybridized carbons (Fsp3) is 0.148. The summed E-state index contributed by atoms with van der Waals surface area (Å²) in [4.78, 5) is 12.2. The second-order valence-electron chi connectivity index (χ2n) is 7.17. The van der Waals surface area contributed by atoms with Crippen molar-refractivity contribution in [3.8, 4) is 29.2 Å². The monoisotopic (exact) mass is 409 g/mol. The Morgan fingerprint density at radius 2 is 1.61 bits per heavy atom. The molecule has 0 saturated heterocycles. The maximum absolute atomic E-state index is 12.2. The molecular weight excluding hydrogens is 386 g/mol. The highest BCUT2D eigenvalue weighted by molar-refractivity contribution is 5.79. The minimum atomic E-state index is -0.426. The second kappa shape index (κ2) is 9.69. The predicted molar refractivity (Wildman–Crippen MR) is 123 cm³/mol. The Hall–Kier alpha value is -3.97. The van der Waals surface area contributed by atoms with Gasteiger partial charge >= 0.3 is 6.09 Å². The van der Waals surface area contributed by atoms with Crippen LogP contribution in [0.1, 0.15) is 22.6 Å². The molecule has 0 heterocycles. The molecule has 4 nitrogen and oxygen atoms in total. The zero-order chi connectivity index (χ0) is 21.5. The summed E-state index contributed by atoms with van der Waals surface area (Å²) in [5, 5.41) is 2.77. The summed E-state index contributed by atoms with van der Waals surface area (Å²) < 4.78 is 10.9. The molecule has 1 amide bonds. The highest BCUT2D eigenvalue weighted by atomic mass is 16.5. The Balaban J connectivity index is 1.27. The van der Waals surface area contributed by atoms with Gasteiger partial charge in [-0.2, -0.15) is 0 Å². The average molecular weight is 409 g/mol. The van der Waals surface area contributed by atoms with Crippen molar-refractivity contribution in [2.75, 3.05) is 19.8 Å². The molecule has 0 aliphatic heterocycles. The van der Waals surface area contributed by atoms with Gasteiger partial charge in [0, 0.05) is 12.5 Å². The van der Waals surface area contributed by atoms with Gasteiger partial charge in [-0.1, -0.05) is 78.7 Å². The Morgan fingerprint density at radius 1 is 0.968 bits per heavy atom. The fourth-order valence-electron chi connectivity index (χ4n) is 3.79. The number of carbonyl (C=O) groups excluding carboxylic acids is 1. The van der Waals surface area contributed by atoms with Crippen molar-refractivity contribution in [1.29, 1.82) is 0 Å². The fourth-order valence-corrected chi connectivity index (χ4v) is 3.79. The van der Waals surface area contributed by atoms with Crippen LogP contribution in [0.3, 0.4) is 0 Å². The van der Waals surface area contributed by atoms with Gasteiger partial charge in [-0.05, 0) is 39.9 Å². The van der Waals surface area contributed by atoms with Gasteiger partial charge in [-0.3, -0.25) is 0 Å². The number of carbonyl (C=O) groups is 1. The van der Waals surface area contributed by atoms with Gasteiger partial charge in [0.25, 0.3) is 0 Å². The number of rotatable bonds is 7. The number of amides is 1. The minimum Gasteiger partial charge on any atom is -0.481 e. The van der Waals surface area contributed by atoms with E-state index in [2.05, 4.69) is 35.5 Å². The van der Waals surface area contributed by atoms with E-state index in [4.69, 9.17) is 15.9 Å². The Morgan fingerprint density at radius 3 is 2.26 bits per heavy atom. The third-order valence-corrected chi connectivity index (χ3v) is 5.22. The highest BCUT2D eigenvalue weighted by Gasteiger charge is 2.28. The minimum absolute atomic E-state index is 0.0592. The molecule has 0 aromatic heterocycles. The lowest BCUT2D eigenvalue weighted by Gasteiger charge is -2.14. The normalized spacial score (nSPS) is 12.1. The van der Waals surface area contributed by atoms with E-state index in [1.807, 2.05) is 60.7 Å². The molecule has 0 saturated carbocycles. The molecule has 1 N–H and O–H groups in total. The van der Waals surface area contributed by atoms with Crippen LogP contribution < -0.4 is 10.1 Å². The topological polar surface area (TPSA) is 47.6 Å². The predicted octanol–water partition coefficient (Wildman–Crippen LogP) is 5.25. The van der Waals surface area contributed by atoms with Gasteiger partial charge in [0.2, 0.25) is 0 Å². The lowest BCUT2D eigenvalue weighted by atomic mass is 9.98. The standard InChI is InChI=1S/C27H23NO3/c1-2-18-30-21-15-13-20(14-16-21)8-7-17-28-27(29)31-19-26-24-11-5-3-9-22(24)23-10-4-6-12-25(23)26/h1,3-16,26H,17-19H2,(H,28,29). The van der Waals surface area contributed by atoms with Crippen molar-refractivity contribution >= 4 is 12.2 Å². The first-order valence-electron chi connectivity index (χ1n) is 10.2. The van der Waals surface area contributed by atoms with Gasteiger partial charge in [0.15, 0.2) is 0 Å². The van der Waals surface area contributed by atoms with Crippen molar-refractivity contribution in [2.45, 2.75) is 5.92 Å². The van der Waals surface area contributed by atoms with Crippen molar-refractivity contribution in [3.05, 3.63) is 95.6 Å².